The number of carbonyl (C=O) groups is 2. The molecule has 1 unspecified atom stereocenters. The Bertz CT molecular complexity index is 656. The number of carbonyl (C=O) groups excluding carboxylic acids is 1. The first-order chi connectivity index (χ1) is 9.38. The minimum Gasteiger partial charge on any atom is -0.475 e. The molecule has 0 aliphatic heterocycles. The summed E-state index contributed by atoms with van der Waals surface area (Å²) in [7, 11) is 0. The lowest BCUT2D eigenvalue weighted by molar-refractivity contribution is 0.0651. The summed E-state index contributed by atoms with van der Waals surface area (Å²) in [5.41, 5.74) is 0.782. The number of aromatic nitrogens is 1. The molecule has 2 heterocycles. The van der Waals surface area contributed by atoms with Gasteiger partial charge in [-0.3, -0.25) is 4.79 Å². The van der Waals surface area contributed by atoms with Crippen LogP contribution in [0.4, 0.5) is 0 Å². The maximum atomic E-state index is 11.9. The van der Waals surface area contributed by atoms with Gasteiger partial charge in [0.05, 0.1) is 6.04 Å². The number of furan rings is 1. The Labute approximate surface area is 114 Å². The normalized spacial score (nSPS) is 12.2. The Hall–Kier alpha value is -2.57. The van der Waals surface area contributed by atoms with Crippen LogP contribution in [0.25, 0.3) is 0 Å². The third kappa shape index (κ3) is 2.71. The molecule has 2 aromatic rings. The molecule has 0 radical (unpaired) electrons. The van der Waals surface area contributed by atoms with E-state index in [2.05, 4.69) is 15.0 Å². The lowest BCUT2D eigenvalue weighted by Crippen LogP contribution is -2.27. The number of hydrogen-bond donors (Lipinski definition) is 2. The van der Waals surface area contributed by atoms with E-state index in [4.69, 9.17) is 9.52 Å². The topological polar surface area (TPSA) is 106 Å². The van der Waals surface area contributed by atoms with Gasteiger partial charge in [0, 0.05) is 11.6 Å². The average Bonchev–Trinajstić information content (AvgIpc) is 2.95. The van der Waals surface area contributed by atoms with Crippen molar-refractivity contribution in [3.8, 4) is 0 Å². The van der Waals surface area contributed by atoms with Crippen LogP contribution in [-0.2, 0) is 0 Å². The van der Waals surface area contributed by atoms with Gasteiger partial charge in [-0.1, -0.05) is 5.16 Å². The van der Waals surface area contributed by atoms with Gasteiger partial charge in [0.25, 0.3) is 5.91 Å². The second-order valence-corrected chi connectivity index (χ2v) is 4.45. The molecular formula is C13H14N2O5. The monoisotopic (exact) mass is 278 g/mol. The highest BCUT2D eigenvalue weighted by Crippen LogP contribution is 2.21. The van der Waals surface area contributed by atoms with Gasteiger partial charge in [0.2, 0.25) is 5.76 Å². The predicted molar refractivity (Wildman–Crippen MR) is 67.5 cm³/mol. The van der Waals surface area contributed by atoms with Gasteiger partial charge in [-0.05, 0) is 26.8 Å². The maximum Gasteiger partial charge on any atom is 0.374 e. The number of amides is 1. The molecular weight excluding hydrogens is 264 g/mol. The molecule has 7 nitrogen and oxygen atoms in total. The zero-order valence-corrected chi connectivity index (χ0v) is 11.3. The van der Waals surface area contributed by atoms with Gasteiger partial charge in [-0.15, -0.1) is 0 Å². The van der Waals surface area contributed by atoms with Crippen LogP contribution in [0.1, 0.15) is 51.1 Å². The standard InChI is InChI=1S/C13H14N2O5/c1-6-4-9(8(3)19-6)7(2)14-12(16)10-5-11(13(17)18)20-15-10/h4-5,7H,1-3H3,(H,14,16)(H,17,18). The van der Waals surface area contributed by atoms with Crippen LogP contribution < -0.4 is 5.32 Å². The van der Waals surface area contributed by atoms with Crippen molar-refractivity contribution in [3.63, 3.8) is 0 Å². The van der Waals surface area contributed by atoms with Crippen LogP contribution in [0.3, 0.4) is 0 Å². The second kappa shape index (κ2) is 5.20. The smallest absolute Gasteiger partial charge is 0.374 e. The van der Waals surface area contributed by atoms with E-state index in [0.29, 0.717) is 0 Å². The number of aromatic carboxylic acids is 1. The van der Waals surface area contributed by atoms with Crippen molar-refractivity contribution in [2.24, 2.45) is 0 Å². The van der Waals surface area contributed by atoms with Crippen molar-refractivity contribution in [1.29, 1.82) is 0 Å². The first kappa shape index (κ1) is 13.9. The molecule has 0 saturated carbocycles. The van der Waals surface area contributed by atoms with Gasteiger partial charge >= 0.3 is 5.97 Å². The number of carboxylic acid groups (broad SMARTS) is 1. The predicted octanol–water partition coefficient (Wildman–Crippen LogP) is 2.07. The molecule has 2 rings (SSSR count). The number of nitrogens with one attached hydrogen (secondary N) is 1. The number of carboxylic acids is 1. The van der Waals surface area contributed by atoms with Gasteiger partial charge in [-0.2, -0.15) is 0 Å². The van der Waals surface area contributed by atoms with Gasteiger partial charge in [-0.25, -0.2) is 4.79 Å². The minimum absolute atomic E-state index is 0.0767. The number of rotatable bonds is 4. The molecule has 2 N–H and O–H groups in total. The van der Waals surface area contributed by atoms with Crippen LogP contribution in [0.15, 0.2) is 21.1 Å². The maximum absolute atomic E-state index is 11.9. The van der Waals surface area contributed by atoms with E-state index >= 15 is 0 Å². The van der Waals surface area contributed by atoms with Crippen molar-refractivity contribution in [2.75, 3.05) is 0 Å². The van der Waals surface area contributed by atoms with Crippen LogP contribution >= 0.6 is 0 Å². The molecule has 2 aromatic heterocycles. The highest BCUT2D eigenvalue weighted by molar-refractivity contribution is 5.95. The summed E-state index contributed by atoms with van der Waals surface area (Å²) in [4.78, 5) is 22.6. The quantitative estimate of drug-likeness (QED) is 0.886. The average molecular weight is 278 g/mol. The van der Waals surface area contributed by atoms with Crippen molar-refractivity contribution in [2.45, 2.75) is 26.8 Å². The van der Waals surface area contributed by atoms with Crippen molar-refractivity contribution in [3.05, 3.63) is 40.7 Å². The third-order valence-electron chi connectivity index (χ3n) is 2.85. The largest absolute Gasteiger partial charge is 0.475 e. The SMILES string of the molecule is Cc1cc(C(C)NC(=O)c2cc(C(=O)O)on2)c(C)o1. The Morgan fingerprint density at radius 1 is 1.35 bits per heavy atom. The molecule has 106 valence electrons. The fraction of sp³-hybridized carbons (Fsp3) is 0.308. The second-order valence-electron chi connectivity index (χ2n) is 4.45. The first-order valence-electron chi connectivity index (χ1n) is 5.96. The molecule has 0 bridgehead atoms. The third-order valence-corrected chi connectivity index (χ3v) is 2.85. The van der Waals surface area contributed by atoms with Crippen LogP contribution in [-0.4, -0.2) is 22.1 Å². The van der Waals surface area contributed by atoms with E-state index in [0.717, 1.165) is 23.2 Å². The number of aryl methyl sites for hydroxylation is 2. The van der Waals surface area contributed by atoms with E-state index < -0.39 is 11.9 Å². The van der Waals surface area contributed by atoms with Crippen molar-refractivity contribution in [1.82, 2.24) is 10.5 Å². The molecule has 0 aliphatic rings. The van der Waals surface area contributed by atoms with E-state index in [1.165, 1.54) is 0 Å². The molecule has 0 spiro atoms. The van der Waals surface area contributed by atoms with E-state index in [-0.39, 0.29) is 17.5 Å². The van der Waals surface area contributed by atoms with Crippen molar-refractivity contribution >= 4 is 11.9 Å². The molecule has 1 atom stereocenters. The summed E-state index contributed by atoms with van der Waals surface area (Å²) < 4.78 is 9.93. The molecule has 7 heteroatoms. The first-order valence-corrected chi connectivity index (χ1v) is 5.96. The Balaban J connectivity index is 2.10. The summed E-state index contributed by atoms with van der Waals surface area (Å²) in [5, 5.41) is 14.8. The molecule has 0 saturated heterocycles. The van der Waals surface area contributed by atoms with E-state index in [1.807, 2.05) is 19.9 Å². The summed E-state index contributed by atoms with van der Waals surface area (Å²) in [5.74, 6) is -0.675. The van der Waals surface area contributed by atoms with Crippen LogP contribution in [0, 0.1) is 13.8 Å². The Morgan fingerprint density at radius 2 is 2.05 bits per heavy atom. The summed E-state index contributed by atoms with van der Waals surface area (Å²) in [6, 6.07) is 2.63. The van der Waals surface area contributed by atoms with E-state index in [1.54, 1.807) is 6.92 Å². The molecule has 0 aromatic carbocycles. The Morgan fingerprint density at radius 3 is 2.55 bits per heavy atom. The number of hydrogen-bond acceptors (Lipinski definition) is 5. The molecule has 20 heavy (non-hydrogen) atoms. The molecule has 0 fully saturated rings. The van der Waals surface area contributed by atoms with Gasteiger partial charge in [0.15, 0.2) is 5.69 Å². The van der Waals surface area contributed by atoms with Crippen molar-refractivity contribution < 1.29 is 23.6 Å². The lowest BCUT2D eigenvalue weighted by Gasteiger charge is -2.11. The van der Waals surface area contributed by atoms with Gasteiger partial charge < -0.3 is 19.4 Å². The number of nitrogens with zero attached hydrogens (tertiary/aromatic N) is 1. The summed E-state index contributed by atoms with van der Waals surface area (Å²) >= 11 is 0. The van der Waals surface area contributed by atoms with E-state index in [9.17, 15) is 9.59 Å². The molecule has 0 aliphatic carbocycles. The fourth-order valence-electron chi connectivity index (χ4n) is 1.91. The van der Waals surface area contributed by atoms with Crippen LogP contribution in [0.2, 0.25) is 0 Å². The highest BCUT2D eigenvalue weighted by Gasteiger charge is 2.20. The highest BCUT2D eigenvalue weighted by atomic mass is 16.5. The Kier molecular flexibility index (Phi) is 3.60. The lowest BCUT2D eigenvalue weighted by atomic mass is 10.1. The zero-order chi connectivity index (χ0) is 14.9. The summed E-state index contributed by atoms with van der Waals surface area (Å²) in [6.45, 7) is 5.43. The fourth-order valence-corrected chi connectivity index (χ4v) is 1.91. The van der Waals surface area contributed by atoms with Crippen LogP contribution in [0.5, 0.6) is 0 Å². The zero-order valence-electron chi connectivity index (χ0n) is 11.3. The minimum atomic E-state index is -1.27. The summed E-state index contributed by atoms with van der Waals surface area (Å²) in [6.07, 6.45) is 0. The van der Waals surface area contributed by atoms with Gasteiger partial charge in [0.1, 0.15) is 11.5 Å². The molecule has 1 amide bonds.